The van der Waals surface area contributed by atoms with E-state index in [0.717, 1.165) is 45.7 Å². The summed E-state index contributed by atoms with van der Waals surface area (Å²) < 4.78 is 0. The molecule has 142 valence electrons. The van der Waals surface area contributed by atoms with E-state index < -0.39 is 0 Å². The van der Waals surface area contributed by atoms with Gasteiger partial charge in [0.1, 0.15) is 0 Å². The van der Waals surface area contributed by atoms with Crippen molar-refractivity contribution in [2.45, 2.75) is 12.8 Å². The second-order valence-electron chi connectivity index (χ2n) is 7.55. The van der Waals surface area contributed by atoms with Crippen LogP contribution in [0.4, 0.5) is 5.69 Å². The van der Waals surface area contributed by atoms with Crippen LogP contribution in [0.15, 0.2) is 30.3 Å². The van der Waals surface area contributed by atoms with Crippen LogP contribution in [0.2, 0.25) is 0 Å². The van der Waals surface area contributed by atoms with Gasteiger partial charge in [-0.05, 0) is 39.2 Å². The molecule has 2 aliphatic rings. The second-order valence-corrected chi connectivity index (χ2v) is 7.55. The van der Waals surface area contributed by atoms with Crippen molar-refractivity contribution in [3.63, 3.8) is 0 Å². The quantitative estimate of drug-likeness (QED) is 0.765. The van der Waals surface area contributed by atoms with Crippen LogP contribution in [0.3, 0.4) is 0 Å². The molecule has 0 radical (unpaired) electrons. The summed E-state index contributed by atoms with van der Waals surface area (Å²) in [5, 5.41) is 0. The van der Waals surface area contributed by atoms with Crippen molar-refractivity contribution in [3.05, 3.63) is 30.3 Å². The number of amides is 2. The molecule has 2 heterocycles. The molecule has 1 aromatic rings. The van der Waals surface area contributed by atoms with E-state index in [2.05, 4.69) is 21.9 Å². The van der Waals surface area contributed by atoms with E-state index in [9.17, 15) is 9.59 Å². The molecule has 2 aliphatic heterocycles. The summed E-state index contributed by atoms with van der Waals surface area (Å²) in [6.45, 7) is 5.47. The lowest BCUT2D eigenvalue weighted by atomic mass is 10.1. The maximum Gasteiger partial charge on any atom is 0.228 e. The van der Waals surface area contributed by atoms with E-state index >= 15 is 0 Å². The summed E-state index contributed by atoms with van der Waals surface area (Å²) in [5.41, 5.74) is 1.21. The molecule has 0 saturated carbocycles. The smallest absolute Gasteiger partial charge is 0.228 e. The normalized spacial score (nSPS) is 21.0. The maximum absolute atomic E-state index is 12.8. The Hall–Kier alpha value is -2.08. The van der Waals surface area contributed by atoms with Crippen LogP contribution in [0.1, 0.15) is 12.8 Å². The number of benzene rings is 1. The summed E-state index contributed by atoms with van der Waals surface area (Å²) in [4.78, 5) is 33.3. The Kier molecular flexibility index (Phi) is 6.14. The van der Waals surface area contributed by atoms with Gasteiger partial charge in [-0.15, -0.1) is 0 Å². The van der Waals surface area contributed by atoms with Crippen molar-refractivity contribution in [1.29, 1.82) is 0 Å². The zero-order valence-corrected chi connectivity index (χ0v) is 15.9. The highest BCUT2D eigenvalue weighted by molar-refractivity contribution is 5.89. The molecule has 1 atom stereocenters. The van der Waals surface area contributed by atoms with Crippen molar-refractivity contribution in [2.24, 2.45) is 5.92 Å². The average Bonchev–Trinajstić information content (AvgIpc) is 3.02. The molecule has 2 fully saturated rings. The number of likely N-dealkylation sites (tertiary alicyclic amines) is 1. The Bertz CT molecular complexity index is 611. The predicted octanol–water partition coefficient (Wildman–Crippen LogP) is 1.14. The van der Waals surface area contributed by atoms with Gasteiger partial charge in [0.25, 0.3) is 0 Å². The number of hydrogen-bond donors (Lipinski definition) is 0. The molecule has 0 aliphatic carbocycles. The van der Waals surface area contributed by atoms with Crippen LogP contribution in [-0.2, 0) is 9.59 Å². The van der Waals surface area contributed by atoms with Gasteiger partial charge in [0.15, 0.2) is 0 Å². The molecule has 0 spiro atoms. The fraction of sp³-hybridized carbons (Fsp3) is 0.600. The Balaban J connectivity index is 1.47. The van der Waals surface area contributed by atoms with Crippen molar-refractivity contribution in [2.75, 3.05) is 64.8 Å². The summed E-state index contributed by atoms with van der Waals surface area (Å²) >= 11 is 0. The Morgan fingerprint density at radius 3 is 2.46 bits per heavy atom. The molecule has 2 amide bonds. The van der Waals surface area contributed by atoms with Gasteiger partial charge in [0, 0.05) is 51.4 Å². The average molecular weight is 358 g/mol. The molecule has 6 nitrogen and oxygen atoms in total. The van der Waals surface area contributed by atoms with Crippen LogP contribution in [0.25, 0.3) is 0 Å². The first-order valence-electron chi connectivity index (χ1n) is 9.56. The molecule has 0 bridgehead atoms. The highest BCUT2D eigenvalue weighted by atomic mass is 16.2. The number of hydrogen-bond acceptors (Lipinski definition) is 4. The Labute approximate surface area is 156 Å². The second kappa shape index (κ2) is 8.54. The number of para-hydroxylation sites is 1. The van der Waals surface area contributed by atoms with Gasteiger partial charge in [0.2, 0.25) is 11.8 Å². The zero-order valence-electron chi connectivity index (χ0n) is 15.9. The summed E-state index contributed by atoms with van der Waals surface area (Å²) in [6, 6.07) is 10.3. The number of carbonyl (C=O) groups excluding carboxylic acids is 2. The molecular formula is C20H30N4O2. The maximum atomic E-state index is 12.8. The van der Waals surface area contributed by atoms with Crippen LogP contribution in [0, 0.1) is 5.92 Å². The van der Waals surface area contributed by atoms with Gasteiger partial charge in [-0.2, -0.15) is 0 Å². The van der Waals surface area contributed by atoms with Crippen LogP contribution >= 0.6 is 0 Å². The van der Waals surface area contributed by atoms with Crippen molar-refractivity contribution < 1.29 is 9.59 Å². The molecule has 2 saturated heterocycles. The SMILES string of the molecule is CN(C)CCCN1CC(C(=O)N2CCN(c3ccccc3)CC2)CC1=O. The van der Waals surface area contributed by atoms with Crippen LogP contribution < -0.4 is 4.90 Å². The predicted molar refractivity (Wildman–Crippen MR) is 103 cm³/mol. The van der Waals surface area contributed by atoms with Crippen molar-refractivity contribution in [3.8, 4) is 0 Å². The third kappa shape index (κ3) is 4.55. The van der Waals surface area contributed by atoms with Gasteiger partial charge >= 0.3 is 0 Å². The van der Waals surface area contributed by atoms with Gasteiger partial charge in [-0.1, -0.05) is 18.2 Å². The number of anilines is 1. The third-order valence-electron chi connectivity index (χ3n) is 5.31. The third-order valence-corrected chi connectivity index (χ3v) is 5.31. The van der Waals surface area contributed by atoms with Gasteiger partial charge in [0.05, 0.1) is 5.92 Å². The van der Waals surface area contributed by atoms with E-state index in [0.29, 0.717) is 13.0 Å². The Morgan fingerprint density at radius 2 is 1.81 bits per heavy atom. The lowest BCUT2D eigenvalue weighted by Crippen LogP contribution is -2.50. The molecule has 0 N–H and O–H groups in total. The minimum atomic E-state index is -0.162. The summed E-state index contributed by atoms with van der Waals surface area (Å²) in [7, 11) is 4.07. The van der Waals surface area contributed by atoms with E-state index in [4.69, 9.17) is 0 Å². The van der Waals surface area contributed by atoms with Gasteiger partial charge in [-0.25, -0.2) is 0 Å². The zero-order chi connectivity index (χ0) is 18.5. The molecule has 1 unspecified atom stereocenters. The first kappa shape index (κ1) is 18.7. The number of rotatable bonds is 6. The number of piperazine rings is 1. The molecule has 26 heavy (non-hydrogen) atoms. The van der Waals surface area contributed by atoms with Crippen molar-refractivity contribution >= 4 is 17.5 Å². The van der Waals surface area contributed by atoms with Crippen LogP contribution in [0.5, 0.6) is 0 Å². The molecule has 0 aromatic heterocycles. The standard InChI is InChI=1S/C20H30N4O2/c1-21(2)9-6-10-24-16-17(15-19(24)25)20(26)23-13-11-22(12-14-23)18-7-4-3-5-8-18/h3-5,7-8,17H,6,9-16H2,1-2H3. The summed E-state index contributed by atoms with van der Waals surface area (Å²) in [5.74, 6) is 0.122. The minimum absolute atomic E-state index is 0.130. The first-order valence-corrected chi connectivity index (χ1v) is 9.56. The van der Waals surface area contributed by atoms with Gasteiger partial charge < -0.3 is 19.6 Å². The molecule has 1 aromatic carbocycles. The van der Waals surface area contributed by atoms with Crippen LogP contribution in [-0.4, -0.2) is 86.4 Å². The van der Waals surface area contributed by atoms with E-state index in [1.54, 1.807) is 0 Å². The highest BCUT2D eigenvalue weighted by Gasteiger charge is 2.36. The highest BCUT2D eigenvalue weighted by Crippen LogP contribution is 2.22. The van der Waals surface area contributed by atoms with Gasteiger partial charge in [-0.3, -0.25) is 9.59 Å². The summed E-state index contributed by atoms with van der Waals surface area (Å²) in [6.07, 6.45) is 1.33. The monoisotopic (exact) mass is 358 g/mol. The topological polar surface area (TPSA) is 47.1 Å². The molecule has 3 rings (SSSR count). The Morgan fingerprint density at radius 1 is 1.12 bits per heavy atom. The first-order chi connectivity index (χ1) is 12.5. The minimum Gasteiger partial charge on any atom is -0.368 e. The van der Waals surface area contributed by atoms with E-state index in [-0.39, 0.29) is 17.7 Å². The van der Waals surface area contributed by atoms with E-state index in [1.165, 1.54) is 5.69 Å². The fourth-order valence-electron chi connectivity index (χ4n) is 3.81. The lowest BCUT2D eigenvalue weighted by molar-refractivity contribution is -0.136. The largest absolute Gasteiger partial charge is 0.368 e. The fourth-order valence-corrected chi connectivity index (χ4v) is 3.81. The molecule has 6 heteroatoms. The molecular weight excluding hydrogens is 328 g/mol. The van der Waals surface area contributed by atoms with E-state index in [1.807, 2.05) is 42.1 Å². The number of carbonyl (C=O) groups is 2. The lowest BCUT2D eigenvalue weighted by Gasteiger charge is -2.37. The van der Waals surface area contributed by atoms with Crippen molar-refractivity contribution in [1.82, 2.24) is 14.7 Å². The number of nitrogens with zero attached hydrogens (tertiary/aromatic N) is 4.